The zero-order valence-corrected chi connectivity index (χ0v) is 14.7. The molecule has 0 saturated heterocycles. The average molecular weight is 329 g/mol. The molecule has 0 aliphatic heterocycles. The van der Waals surface area contributed by atoms with Gasteiger partial charge in [-0.15, -0.1) is 0 Å². The average Bonchev–Trinajstić information content (AvgIpc) is 3.02. The highest BCUT2D eigenvalue weighted by Gasteiger charge is 2.06. The lowest BCUT2D eigenvalue weighted by molar-refractivity contribution is 0.372. The molecular formula is C18H27N5O. The first-order chi connectivity index (χ1) is 11.7. The van der Waals surface area contributed by atoms with Crippen LogP contribution in [0.5, 0.6) is 0 Å². The maximum absolute atomic E-state index is 5.11. The van der Waals surface area contributed by atoms with Crippen LogP contribution < -0.4 is 10.6 Å². The molecule has 1 heterocycles. The van der Waals surface area contributed by atoms with E-state index < -0.39 is 0 Å². The van der Waals surface area contributed by atoms with Crippen molar-refractivity contribution in [3.05, 3.63) is 47.6 Å². The Morgan fingerprint density at radius 1 is 1.25 bits per heavy atom. The highest BCUT2D eigenvalue weighted by atomic mass is 16.5. The summed E-state index contributed by atoms with van der Waals surface area (Å²) in [4.78, 5) is 8.89. The van der Waals surface area contributed by atoms with E-state index in [-0.39, 0.29) is 0 Å². The second-order valence-corrected chi connectivity index (χ2v) is 5.80. The number of aryl methyl sites for hydroxylation is 2. The van der Waals surface area contributed by atoms with E-state index in [1.54, 1.807) is 0 Å². The molecule has 0 spiro atoms. The van der Waals surface area contributed by atoms with Crippen LogP contribution >= 0.6 is 0 Å². The quantitative estimate of drug-likeness (QED) is 0.442. The molecule has 0 radical (unpaired) electrons. The van der Waals surface area contributed by atoms with Gasteiger partial charge in [0.15, 0.2) is 11.8 Å². The van der Waals surface area contributed by atoms with E-state index in [4.69, 9.17) is 4.52 Å². The summed E-state index contributed by atoms with van der Waals surface area (Å²) < 4.78 is 5.11. The molecule has 2 N–H and O–H groups in total. The molecule has 2 rings (SSSR count). The molecule has 2 aromatic rings. The van der Waals surface area contributed by atoms with E-state index in [9.17, 15) is 0 Å². The summed E-state index contributed by atoms with van der Waals surface area (Å²) in [6, 6.07) is 10.5. The number of hydrogen-bond acceptors (Lipinski definition) is 4. The molecule has 0 amide bonds. The Hall–Kier alpha value is -2.37. The topological polar surface area (TPSA) is 75.3 Å². The third kappa shape index (κ3) is 6.02. The minimum Gasteiger partial charge on any atom is -0.357 e. The van der Waals surface area contributed by atoms with Crippen molar-refractivity contribution < 1.29 is 4.52 Å². The molecule has 0 aliphatic carbocycles. The Balaban J connectivity index is 1.77. The zero-order chi connectivity index (χ0) is 17.2. The van der Waals surface area contributed by atoms with Crippen molar-refractivity contribution in [2.24, 2.45) is 4.99 Å². The summed E-state index contributed by atoms with van der Waals surface area (Å²) in [6.07, 6.45) is 1.69. The van der Waals surface area contributed by atoms with E-state index in [1.807, 2.05) is 13.0 Å². The van der Waals surface area contributed by atoms with E-state index >= 15 is 0 Å². The lowest BCUT2D eigenvalue weighted by Crippen LogP contribution is -2.38. The minimum absolute atomic E-state index is 0.392. The van der Waals surface area contributed by atoms with Gasteiger partial charge in [-0.1, -0.05) is 42.4 Å². The van der Waals surface area contributed by atoms with Gasteiger partial charge in [0, 0.05) is 32.0 Å². The van der Waals surface area contributed by atoms with Gasteiger partial charge < -0.3 is 15.2 Å². The van der Waals surface area contributed by atoms with Crippen molar-refractivity contribution >= 4 is 5.96 Å². The molecule has 6 heteroatoms. The van der Waals surface area contributed by atoms with Gasteiger partial charge in [0.05, 0.1) is 0 Å². The monoisotopic (exact) mass is 329 g/mol. The van der Waals surface area contributed by atoms with Crippen molar-refractivity contribution in [3.8, 4) is 0 Å². The van der Waals surface area contributed by atoms with Crippen LogP contribution in [0.1, 0.15) is 43.5 Å². The lowest BCUT2D eigenvalue weighted by atomic mass is 10.0. The molecule has 130 valence electrons. The van der Waals surface area contributed by atoms with E-state index in [1.165, 1.54) is 5.56 Å². The number of aliphatic imine (C=N–C) groups is 1. The van der Waals surface area contributed by atoms with Gasteiger partial charge in [-0.05, 0) is 25.8 Å². The smallest absolute Gasteiger partial charge is 0.226 e. The molecule has 1 atom stereocenters. The number of nitrogens with zero attached hydrogens (tertiary/aromatic N) is 3. The molecule has 24 heavy (non-hydrogen) atoms. The Bertz CT molecular complexity index is 623. The number of nitrogens with one attached hydrogen (secondary N) is 2. The van der Waals surface area contributed by atoms with Gasteiger partial charge in [0.2, 0.25) is 5.89 Å². The van der Waals surface area contributed by atoms with Gasteiger partial charge in [0.25, 0.3) is 0 Å². The maximum Gasteiger partial charge on any atom is 0.226 e. The first-order valence-electron chi connectivity index (χ1n) is 8.55. The van der Waals surface area contributed by atoms with Crippen molar-refractivity contribution in [2.45, 2.75) is 39.5 Å². The van der Waals surface area contributed by atoms with Gasteiger partial charge >= 0.3 is 0 Å². The van der Waals surface area contributed by atoms with E-state index in [2.05, 4.69) is 63.9 Å². The summed E-state index contributed by atoms with van der Waals surface area (Å²) in [7, 11) is 0. The van der Waals surface area contributed by atoms with Gasteiger partial charge in [-0.2, -0.15) is 4.98 Å². The fourth-order valence-electron chi connectivity index (χ4n) is 2.34. The van der Waals surface area contributed by atoms with Crippen molar-refractivity contribution in [1.82, 2.24) is 20.8 Å². The summed E-state index contributed by atoms with van der Waals surface area (Å²) >= 11 is 0. The molecule has 1 aromatic heterocycles. The van der Waals surface area contributed by atoms with Crippen LogP contribution in [0.25, 0.3) is 0 Å². The fourth-order valence-corrected chi connectivity index (χ4v) is 2.34. The summed E-state index contributed by atoms with van der Waals surface area (Å²) in [5.74, 6) is 2.61. The summed E-state index contributed by atoms with van der Waals surface area (Å²) in [5, 5.41) is 10.4. The van der Waals surface area contributed by atoms with Crippen molar-refractivity contribution in [2.75, 3.05) is 19.6 Å². The summed E-state index contributed by atoms with van der Waals surface area (Å²) in [5.41, 5.74) is 1.31. The first-order valence-corrected chi connectivity index (χ1v) is 8.55. The van der Waals surface area contributed by atoms with Gasteiger partial charge in [0.1, 0.15) is 0 Å². The molecule has 1 unspecified atom stereocenters. The van der Waals surface area contributed by atoms with Crippen molar-refractivity contribution in [3.63, 3.8) is 0 Å². The van der Waals surface area contributed by atoms with Crippen LogP contribution in [0.3, 0.4) is 0 Å². The van der Waals surface area contributed by atoms with E-state index in [0.29, 0.717) is 17.6 Å². The van der Waals surface area contributed by atoms with Crippen LogP contribution in [-0.4, -0.2) is 35.7 Å². The van der Waals surface area contributed by atoms with Crippen molar-refractivity contribution in [1.29, 1.82) is 0 Å². The lowest BCUT2D eigenvalue weighted by Gasteiger charge is -2.13. The number of hydrogen-bond donors (Lipinski definition) is 2. The maximum atomic E-state index is 5.11. The van der Waals surface area contributed by atoms with Crippen LogP contribution in [-0.2, 0) is 6.42 Å². The molecule has 0 aliphatic rings. The summed E-state index contributed by atoms with van der Waals surface area (Å²) in [6.45, 7) is 8.50. The van der Waals surface area contributed by atoms with Crippen LogP contribution in [0.2, 0.25) is 0 Å². The fraction of sp³-hybridized carbons (Fsp3) is 0.500. The van der Waals surface area contributed by atoms with Crippen LogP contribution in [0.4, 0.5) is 0 Å². The number of benzene rings is 1. The minimum atomic E-state index is 0.392. The van der Waals surface area contributed by atoms with Gasteiger partial charge in [-0.3, -0.25) is 4.99 Å². The highest BCUT2D eigenvalue weighted by molar-refractivity contribution is 5.79. The second kappa shape index (κ2) is 9.70. The third-order valence-corrected chi connectivity index (χ3v) is 3.67. The predicted octanol–water partition coefficient (Wildman–Crippen LogP) is 2.67. The Morgan fingerprint density at radius 3 is 2.71 bits per heavy atom. The number of aromatic nitrogens is 2. The normalized spacial score (nSPS) is 12.9. The SMILES string of the molecule is CCNC(=NCC(C)c1ccccc1)NCCCc1nc(C)no1. The Labute approximate surface area is 143 Å². The molecule has 6 nitrogen and oxygen atoms in total. The standard InChI is InChI=1S/C18H27N5O/c1-4-19-18(20-12-8-11-17-22-15(3)23-24-17)21-13-14(2)16-9-6-5-7-10-16/h5-7,9-10,14H,4,8,11-13H2,1-3H3,(H2,19,20,21). The first kappa shape index (κ1) is 18.0. The molecule has 0 fully saturated rings. The van der Waals surface area contributed by atoms with E-state index in [0.717, 1.165) is 38.4 Å². The highest BCUT2D eigenvalue weighted by Crippen LogP contribution is 2.14. The predicted molar refractivity (Wildman–Crippen MR) is 96.2 cm³/mol. The zero-order valence-electron chi connectivity index (χ0n) is 14.7. The number of guanidine groups is 1. The Kier molecular flexibility index (Phi) is 7.26. The Morgan fingerprint density at radius 2 is 2.04 bits per heavy atom. The molecule has 0 bridgehead atoms. The van der Waals surface area contributed by atoms with Crippen LogP contribution in [0, 0.1) is 6.92 Å². The largest absolute Gasteiger partial charge is 0.357 e. The molecule has 1 aromatic carbocycles. The molecule has 0 saturated carbocycles. The molecular weight excluding hydrogens is 302 g/mol. The number of rotatable bonds is 8. The van der Waals surface area contributed by atoms with Gasteiger partial charge in [-0.25, -0.2) is 0 Å². The second-order valence-electron chi connectivity index (χ2n) is 5.80. The van der Waals surface area contributed by atoms with Crippen LogP contribution in [0.15, 0.2) is 39.8 Å². The third-order valence-electron chi connectivity index (χ3n) is 3.67.